The molecular weight excluding hydrogens is 416 g/mol. The zero-order valence-electron chi connectivity index (χ0n) is 19.2. The Labute approximate surface area is 185 Å². The molecule has 2 aromatic carbocycles. The first-order valence-corrected chi connectivity index (χ1v) is 12.0. The molecule has 0 radical (unpaired) electrons. The fourth-order valence-electron chi connectivity index (χ4n) is 3.49. The molecule has 2 rings (SSSR count). The first-order chi connectivity index (χ1) is 14.5. The quantitative estimate of drug-likeness (QED) is 0.632. The highest BCUT2D eigenvalue weighted by atomic mass is 32.2. The number of carbonyl (C=O) groups excluding carboxylic acids is 1. The van der Waals surface area contributed by atoms with Gasteiger partial charge >= 0.3 is 0 Å². The maximum absolute atomic E-state index is 13.2. The number of carbonyl (C=O) groups is 1. The SMILES string of the molecule is CC[C@@H](C(=O)N[C@H](C)c1cc(OC)ccc1OC)N(c1ccc(C)c(C)c1)S(C)(=O)=O. The summed E-state index contributed by atoms with van der Waals surface area (Å²) in [6.45, 7) is 7.48. The van der Waals surface area contributed by atoms with Crippen molar-refractivity contribution >= 4 is 21.6 Å². The van der Waals surface area contributed by atoms with Gasteiger partial charge < -0.3 is 14.8 Å². The summed E-state index contributed by atoms with van der Waals surface area (Å²) in [4.78, 5) is 13.2. The van der Waals surface area contributed by atoms with E-state index >= 15 is 0 Å². The molecule has 0 aliphatic heterocycles. The number of methoxy groups -OCH3 is 2. The zero-order valence-corrected chi connectivity index (χ0v) is 20.0. The zero-order chi connectivity index (χ0) is 23.3. The number of nitrogens with zero attached hydrogens (tertiary/aromatic N) is 1. The van der Waals surface area contributed by atoms with Gasteiger partial charge in [-0.3, -0.25) is 9.10 Å². The van der Waals surface area contributed by atoms with Gasteiger partial charge in [0.1, 0.15) is 17.5 Å². The van der Waals surface area contributed by atoms with E-state index in [-0.39, 0.29) is 5.91 Å². The molecular formula is C23H32N2O5S. The largest absolute Gasteiger partial charge is 0.497 e. The summed E-state index contributed by atoms with van der Waals surface area (Å²) in [5.74, 6) is 0.858. The van der Waals surface area contributed by atoms with E-state index in [1.807, 2.05) is 26.8 Å². The molecule has 0 spiro atoms. The van der Waals surface area contributed by atoms with Crippen molar-refractivity contribution < 1.29 is 22.7 Å². The number of hydrogen-bond donors (Lipinski definition) is 1. The van der Waals surface area contributed by atoms with Gasteiger partial charge in [0, 0.05) is 5.56 Å². The molecule has 170 valence electrons. The fraction of sp³-hybridized carbons (Fsp3) is 0.435. The van der Waals surface area contributed by atoms with Gasteiger partial charge in [0.2, 0.25) is 15.9 Å². The van der Waals surface area contributed by atoms with Crippen LogP contribution in [-0.2, 0) is 14.8 Å². The van der Waals surface area contributed by atoms with Crippen LogP contribution in [0.25, 0.3) is 0 Å². The number of benzene rings is 2. The van der Waals surface area contributed by atoms with Crippen LogP contribution in [0.2, 0.25) is 0 Å². The summed E-state index contributed by atoms with van der Waals surface area (Å²) in [6, 6.07) is 9.40. The van der Waals surface area contributed by atoms with E-state index in [4.69, 9.17) is 9.47 Å². The topological polar surface area (TPSA) is 84.9 Å². The summed E-state index contributed by atoms with van der Waals surface area (Å²) in [7, 11) is -0.580. The summed E-state index contributed by atoms with van der Waals surface area (Å²) in [5.41, 5.74) is 3.21. The molecule has 1 amide bonds. The Morgan fingerprint density at radius 1 is 1.06 bits per heavy atom. The van der Waals surface area contributed by atoms with Crippen LogP contribution in [0.4, 0.5) is 5.69 Å². The number of ether oxygens (including phenoxy) is 2. The molecule has 0 saturated heterocycles. The van der Waals surface area contributed by atoms with Crippen molar-refractivity contribution in [3.8, 4) is 11.5 Å². The Hall–Kier alpha value is -2.74. The van der Waals surface area contributed by atoms with Crippen molar-refractivity contribution in [2.24, 2.45) is 0 Å². The van der Waals surface area contributed by atoms with Gasteiger partial charge in [-0.05, 0) is 68.7 Å². The number of rotatable bonds is 9. The van der Waals surface area contributed by atoms with Crippen LogP contribution in [-0.4, -0.2) is 40.8 Å². The fourth-order valence-corrected chi connectivity index (χ4v) is 4.69. The Morgan fingerprint density at radius 3 is 2.26 bits per heavy atom. The highest BCUT2D eigenvalue weighted by Crippen LogP contribution is 2.30. The molecule has 0 aliphatic rings. The van der Waals surface area contributed by atoms with Gasteiger partial charge in [0.15, 0.2) is 0 Å². The third kappa shape index (κ3) is 5.70. The molecule has 2 aromatic rings. The lowest BCUT2D eigenvalue weighted by atomic mass is 10.1. The molecule has 31 heavy (non-hydrogen) atoms. The molecule has 2 atom stereocenters. The Balaban J connectivity index is 2.39. The lowest BCUT2D eigenvalue weighted by molar-refractivity contribution is -0.122. The molecule has 0 fully saturated rings. The summed E-state index contributed by atoms with van der Waals surface area (Å²) >= 11 is 0. The maximum Gasteiger partial charge on any atom is 0.244 e. The highest BCUT2D eigenvalue weighted by molar-refractivity contribution is 7.92. The molecule has 7 nitrogen and oxygen atoms in total. The minimum absolute atomic E-state index is 0.313. The van der Waals surface area contributed by atoms with E-state index in [9.17, 15) is 13.2 Å². The highest BCUT2D eigenvalue weighted by Gasteiger charge is 2.32. The second-order valence-corrected chi connectivity index (χ2v) is 9.45. The van der Waals surface area contributed by atoms with E-state index in [0.29, 0.717) is 23.6 Å². The van der Waals surface area contributed by atoms with Gasteiger partial charge in [-0.2, -0.15) is 0 Å². The summed E-state index contributed by atoms with van der Waals surface area (Å²) < 4.78 is 37.3. The van der Waals surface area contributed by atoms with Gasteiger partial charge in [-0.25, -0.2) is 8.42 Å². The standard InChI is InChI=1S/C23H32N2O5S/c1-8-21(25(31(7,27)28)18-10-9-15(2)16(3)13-18)23(26)24-17(4)20-14-19(29-5)11-12-22(20)30-6/h9-14,17,21H,8H2,1-7H3,(H,24,26)/t17-,21+/m1/s1. The lowest BCUT2D eigenvalue weighted by Crippen LogP contribution is -2.49. The van der Waals surface area contributed by atoms with Crippen molar-refractivity contribution in [3.05, 3.63) is 53.1 Å². The molecule has 0 bridgehead atoms. The number of aryl methyl sites for hydroxylation is 2. The number of anilines is 1. The molecule has 0 aromatic heterocycles. The second-order valence-electron chi connectivity index (χ2n) is 7.59. The minimum atomic E-state index is -3.70. The van der Waals surface area contributed by atoms with Crippen LogP contribution < -0.4 is 19.1 Å². The van der Waals surface area contributed by atoms with Crippen LogP contribution in [0.5, 0.6) is 11.5 Å². The third-order valence-electron chi connectivity index (χ3n) is 5.34. The first-order valence-electron chi connectivity index (χ1n) is 10.1. The van der Waals surface area contributed by atoms with Crippen LogP contribution in [0.15, 0.2) is 36.4 Å². The molecule has 1 N–H and O–H groups in total. The third-order valence-corrected chi connectivity index (χ3v) is 6.52. The van der Waals surface area contributed by atoms with E-state index in [0.717, 1.165) is 22.9 Å². The predicted octanol–water partition coefficient (Wildman–Crippen LogP) is 3.74. The summed E-state index contributed by atoms with van der Waals surface area (Å²) in [6.07, 6.45) is 1.43. The van der Waals surface area contributed by atoms with Crippen LogP contribution in [0.1, 0.15) is 43.0 Å². The number of nitrogens with one attached hydrogen (secondary N) is 1. The Kier molecular flexibility index (Phi) is 7.95. The summed E-state index contributed by atoms with van der Waals surface area (Å²) in [5, 5.41) is 2.94. The molecule has 8 heteroatoms. The predicted molar refractivity (Wildman–Crippen MR) is 123 cm³/mol. The molecule has 0 unspecified atom stereocenters. The Morgan fingerprint density at radius 2 is 1.74 bits per heavy atom. The van der Waals surface area contributed by atoms with E-state index in [1.165, 1.54) is 4.31 Å². The minimum Gasteiger partial charge on any atom is -0.497 e. The van der Waals surface area contributed by atoms with Crippen LogP contribution in [0, 0.1) is 13.8 Å². The lowest BCUT2D eigenvalue weighted by Gasteiger charge is -2.31. The van der Waals surface area contributed by atoms with Crippen molar-refractivity contribution in [1.82, 2.24) is 5.32 Å². The van der Waals surface area contributed by atoms with Crippen molar-refractivity contribution in [2.75, 3.05) is 24.8 Å². The average molecular weight is 449 g/mol. The molecule has 0 heterocycles. The first kappa shape index (κ1) is 24.5. The monoisotopic (exact) mass is 448 g/mol. The smallest absolute Gasteiger partial charge is 0.244 e. The molecule has 0 saturated carbocycles. The number of hydrogen-bond acceptors (Lipinski definition) is 5. The molecule has 0 aliphatic carbocycles. The van der Waals surface area contributed by atoms with Gasteiger partial charge in [0.25, 0.3) is 0 Å². The Bertz CT molecular complexity index is 1040. The van der Waals surface area contributed by atoms with E-state index in [2.05, 4.69) is 5.32 Å². The van der Waals surface area contributed by atoms with E-state index < -0.39 is 22.1 Å². The van der Waals surface area contributed by atoms with Gasteiger partial charge in [-0.15, -0.1) is 0 Å². The van der Waals surface area contributed by atoms with E-state index in [1.54, 1.807) is 51.5 Å². The normalized spacial score (nSPS) is 13.3. The van der Waals surface area contributed by atoms with Crippen molar-refractivity contribution in [2.45, 2.75) is 46.2 Å². The van der Waals surface area contributed by atoms with Crippen LogP contribution in [0.3, 0.4) is 0 Å². The number of amides is 1. The van der Waals surface area contributed by atoms with Crippen LogP contribution >= 0.6 is 0 Å². The number of sulfonamides is 1. The van der Waals surface area contributed by atoms with Gasteiger partial charge in [-0.1, -0.05) is 13.0 Å². The van der Waals surface area contributed by atoms with Crippen molar-refractivity contribution in [1.29, 1.82) is 0 Å². The van der Waals surface area contributed by atoms with Crippen molar-refractivity contribution in [3.63, 3.8) is 0 Å². The maximum atomic E-state index is 13.2. The second kappa shape index (κ2) is 10.0. The average Bonchev–Trinajstić information content (AvgIpc) is 2.72. The van der Waals surface area contributed by atoms with Gasteiger partial charge in [0.05, 0.1) is 32.2 Å².